The third-order valence-corrected chi connectivity index (χ3v) is 2.56. The van der Waals surface area contributed by atoms with Crippen LogP contribution in [0.15, 0.2) is 31.0 Å². The van der Waals surface area contributed by atoms with Crippen molar-refractivity contribution in [2.45, 2.75) is 13.3 Å². The Kier molecular flexibility index (Phi) is 6.22. The summed E-state index contributed by atoms with van der Waals surface area (Å²) in [5.74, 6) is -0.591. The summed E-state index contributed by atoms with van der Waals surface area (Å²) in [5.41, 5.74) is 0.433. The van der Waals surface area contributed by atoms with Gasteiger partial charge in [0.1, 0.15) is 12.4 Å². The van der Waals surface area contributed by atoms with Gasteiger partial charge >= 0.3 is 5.97 Å². The highest BCUT2D eigenvalue weighted by Gasteiger charge is 2.12. The second-order valence-electron chi connectivity index (χ2n) is 4.22. The molecular formula is C14H19N3O3. The molecule has 6 heteroatoms. The van der Waals surface area contributed by atoms with Crippen LogP contribution in [0.4, 0.5) is 5.82 Å². The maximum absolute atomic E-state index is 11.7. The lowest BCUT2D eigenvalue weighted by Gasteiger charge is -2.20. The SMILES string of the molecule is C=CCNC(=O)c1ccc(N(CCC)CC(=O)O)nc1. The number of pyridine rings is 1. The average molecular weight is 277 g/mol. The fraction of sp³-hybridized carbons (Fsp3) is 0.357. The molecule has 108 valence electrons. The first-order valence-electron chi connectivity index (χ1n) is 6.40. The van der Waals surface area contributed by atoms with E-state index in [4.69, 9.17) is 5.11 Å². The highest BCUT2D eigenvalue weighted by molar-refractivity contribution is 5.94. The van der Waals surface area contributed by atoms with E-state index in [1.165, 1.54) is 6.20 Å². The van der Waals surface area contributed by atoms with Crippen molar-refractivity contribution in [2.24, 2.45) is 0 Å². The fourth-order valence-electron chi connectivity index (χ4n) is 1.68. The quantitative estimate of drug-likeness (QED) is 0.700. The summed E-state index contributed by atoms with van der Waals surface area (Å²) < 4.78 is 0. The molecule has 0 unspecified atom stereocenters. The monoisotopic (exact) mass is 277 g/mol. The third-order valence-electron chi connectivity index (χ3n) is 2.56. The van der Waals surface area contributed by atoms with Gasteiger partial charge in [-0.2, -0.15) is 0 Å². The molecule has 0 bridgehead atoms. The number of carboxylic acid groups (broad SMARTS) is 1. The van der Waals surface area contributed by atoms with Crippen LogP contribution in [-0.4, -0.2) is 41.6 Å². The molecule has 0 atom stereocenters. The first-order chi connectivity index (χ1) is 9.58. The van der Waals surface area contributed by atoms with E-state index in [0.717, 1.165) is 6.42 Å². The van der Waals surface area contributed by atoms with Crippen molar-refractivity contribution >= 4 is 17.7 Å². The molecule has 1 rings (SSSR count). The van der Waals surface area contributed by atoms with Gasteiger partial charge in [0, 0.05) is 19.3 Å². The second-order valence-corrected chi connectivity index (χ2v) is 4.22. The summed E-state index contributed by atoms with van der Waals surface area (Å²) in [6, 6.07) is 3.28. The molecule has 0 fully saturated rings. The summed E-state index contributed by atoms with van der Waals surface area (Å²) in [4.78, 5) is 28.3. The van der Waals surface area contributed by atoms with E-state index in [-0.39, 0.29) is 12.5 Å². The van der Waals surface area contributed by atoms with Gasteiger partial charge in [0.2, 0.25) is 0 Å². The highest BCUT2D eigenvalue weighted by Crippen LogP contribution is 2.11. The van der Waals surface area contributed by atoms with E-state index < -0.39 is 5.97 Å². The van der Waals surface area contributed by atoms with Crippen LogP contribution in [0.1, 0.15) is 23.7 Å². The van der Waals surface area contributed by atoms with Crippen molar-refractivity contribution in [1.29, 1.82) is 0 Å². The first kappa shape index (κ1) is 15.7. The number of carbonyl (C=O) groups is 2. The summed E-state index contributed by atoms with van der Waals surface area (Å²) in [6.07, 6.45) is 3.85. The molecule has 6 nitrogen and oxygen atoms in total. The highest BCUT2D eigenvalue weighted by atomic mass is 16.4. The molecule has 20 heavy (non-hydrogen) atoms. The minimum Gasteiger partial charge on any atom is -0.480 e. The number of nitrogens with one attached hydrogen (secondary N) is 1. The maximum atomic E-state index is 11.7. The van der Waals surface area contributed by atoms with Gasteiger partial charge in [-0.1, -0.05) is 13.0 Å². The van der Waals surface area contributed by atoms with E-state index >= 15 is 0 Å². The largest absolute Gasteiger partial charge is 0.480 e. The molecule has 0 aliphatic heterocycles. The summed E-state index contributed by atoms with van der Waals surface area (Å²) in [6.45, 7) is 6.36. The second kappa shape index (κ2) is 7.93. The lowest BCUT2D eigenvalue weighted by Crippen LogP contribution is -2.31. The molecular weight excluding hydrogens is 258 g/mol. The lowest BCUT2D eigenvalue weighted by molar-refractivity contribution is -0.135. The van der Waals surface area contributed by atoms with Gasteiger partial charge in [-0.25, -0.2) is 4.98 Å². The lowest BCUT2D eigenvalue weighted by atomic mass is 10.2. The Morgan fingerprint density at radius 1 is 1.50 bits per heavy atom. The predicted octanol–water partition coefficient (Wildman–Crippen LogP) is 1.30. The molecule has 0 saturated carbocycles. The van der Waals surface area contributed by atoms with E-state index in [1.807, 2.05) is 6.92 Å². The molecule has 0 aromatic carbocycles. The van der Waals surface area contributed by atoms with Crippen molar-refractivity contribution in [3.63, 3.8) is 0 Å². The zero-order valence-electron chi connectivity index (χ0n) is 11.5. The van der Waals surface area contributed by atoms with Crippen LogP contribution in [-0.2, 0) is 4.79 Å². The van der Waals surface area contributed by atoms with Crippen molar-refractivity contribution < 1.29 is 14.7 Å². The van der Waals surface area contributed by atoms with Gasteiger partial charge < -0.3 is 15.3 Å². The van der Waals surface area contributed by atoms with E-state index in [1.54, 1.807) is 23.1 Å². The molecule has 1 heterocycles. The van der Waals surface area contributed by atoms with Gasteiger partial charge in [0.25, 0.3) is 5.91 Å². The Hall–Kier alpha value is -2.37. The van der Waals surface area contributed by atoms with Crippen LogP contribution >= 0.6 is 0 Å². The van der Waals surface area contributed by atoms with Gasteiger partial charge in [0.05, 0.1) is 5.56 Å². The molecule has 0 aliphatic rings. The molecule has 0 radical (unpaired) electrons. The number of hydrogen-bond acceptors (Lipinski definition) is 4. The Bertz CT molecular complexity index is 471. The summed E-state index contributed by atoms with van der Waals surface area (Å²) in [7, 11) is 0. The fourth-order valence-corrected chi connectivity index (χ4v) is 1.68. The zero-order chi connectivity index (χ0) is 15.0. The minimum atomic E-state index is -0.909. The van der Waals surface area contributed by atoms with Crippen molar-refractivity contribution in [3.05, 3.63) is 36.5 Å². The third kappa shape index (κ3) is 4.72. The van der Waals surface area contributed by atoms with Crippen LogP contribution in [0.25, 0.3) is 0 Å². The number of aliphatic carboxylic acids is 1. The minimum absolute atomic E-state index is 0.108. The molecule has 0 saturated heterocycles. The number of aromatic nitrogens is 1. The Morgan fingerprint density at radius 3 is 2.75 bits per heavy atom. The molecule has 2 N–H and O–H groups in total. The Labute approximate surface area is 118 Å². The Morgan fingerprint density at radius 2 is 2.25 bits per heavy atom. The summed E-state index contributed by atoms with van der Waals surface area (Å²) >= 11 is 0. The predicted molar refractivity (Wildman–Crippen MR) is 76.9 cm³/mol. The topological polar surface area (TPSA) is 82.5 Å². The average Bonchev–Trinajstić information content (AvgIpc) is 2.44. The molecule has 0 spiro atoms. The van der Waals surface area contributed by atoms with Crippen LogP contribution in [0.3, 0.4) is 0 Å². The van der Waals surface area contributed by atoms with Gasteiger partial charge in [-0.05, 0) is 18.6 Å². The first-order valence-corrected chi connectivity index (χ1v) is 6.40. The van der Waals surface area contributed by atoms with Gasteiger partial charge in [0.15, 0.2) is 0 Å². The normalized spacial score (nSPS) is 9.85. The van der Waals surface area contributed by atoms with Crippen molar-refractivity contribution in [3.8, 4) is 0 Å². The van der Waals surface area contributed by atoms with Crippen molar-refractivity contribution in [2.75, 3.05) is 24.5 Å². The van der Waals surface area contributed by atoms with Crippen LogP contribution in [0.5, 0.6) is 0 Å². The molecule has 1 amide bonds. The summed E-state index contributed by atoms with van der Waals surface area (Å²) in [5, 5.41) is 11.5. The Balaban J connectivity index is 2.79. The van der Waals surface area contributed by atoms with Crippen LogP contribution in [0, 0.1) is 0 Å². The van der Waals surface area contributed by atoms with E-state index in [2.05, 4.69) is 16.9 Å². The smallest absolute Gasteiger partial charge is 0.323 e. The number of rotatable bonds is 8. The number of anilines is 1. The molecule has 0 aliphatic carbocycles. The maximum Gasteiger partial charge on any atom is 0.323 e. The number of nitrogens with zero attached hydrogens (tertiary/aromatic N) is 2. The van der Waals surface area contributed by atoms with Crippen LogP contribution < -0.4 is 10.2 Å². The standard InChI is InChI=1S/C14H19N3O3/c1-3-7-15-14(20)11-5-6-12(16-9-11)17(8-4-2)10-13(18)19/h3,5-6,9H,1,4,7-8,10H2,2H3,(H,15,20)(H,18,19). The number of carboxylic acids is 1. The number of hydrogen-bond donors (Lipinski definition) is 2. The van der Waals surface area contributed by atoms with Crippen LogP contribution in [0.2, 0.25) is 0 Å². The molecule has 1 aromatic rings. The number of amides is 1. The zero-order valence-corrected chi connectivity index (χ0v) is 11.5. The van der Waals surface area contributed by atoms with Gasteiger partial charge in [-0.15, -0.1) is 6.58 Å². The van der Waals surface area contributed by atoms with Gasteiger partial charge in [-0.3, -0.25) is 9.59 Å². The van der Waals surface area contributed by atoms with Crippen molar-refractivity contribution in [1.82, 2.24) is 10.3 Å². The van der Waals surface area contributed by atoms with E-state index in [0.29, 0.717) is 24.5 Å². The molecule has 1 aromatic heterocycles. The van der Waals surface area contributed by atoms with E-state index in [9.17, 15) is 9.59 Å². The number of carbonyl (C=O) groups excluding carboxylic acids is 1.